The van der Waals surface area contributed by atoms with E-state index < -0.39 is 65.5 Å². The summed E-state index contributed by atoms with van der Waals surface area (Å²) in [6, 6.07) is -4.75. The summed E-state index contributed by atoms with van der Waals surface area (Å²) in [5, 5.41) is 21.4. The molecular weight excluding hydrogens is 501 g/mol. The Hall–Kier alpha value is -2.94. The number of carbonyl (C=O) groups excluding carboxylic acids is 5. The zero-order chi connectivity index (χ0) is 28.7. The van der Waals surface area contributed by atoms with Crippen LogP contribution in [0.4, 0.5) is 18.0 Å². The van der Waals surface area contributed by atoms with Gasteiger partial charge in [0.2, 0.25) is 11.8 Å². The molecule has 0 aromatic carbocycles. The molecule has 0 spiro atoms. The summed E-state index contributed by atoms with van der Waals surface area (Å²) in [7, 11) is 1.31. The molecule has 0 aromatic rings. The van der Waals surface area contributed by atoms with Crippen LogP contribution in [-0.4, -0.2) is 96.8 Å². The van der Waals surface area contributed by atoms with Gasteiger partial charge < -0.3 is 31.3 Å². The summed E-state index contributed by atoms with van der Waals surface area (Å²) in [4.78, 5) is 63.6. The van der Waals surface area contributed by atoms with Gasteiger partial charge in [0.05, 0.1) is 0 Å². The highest BCUT2D eigenvalue weighted by Crippen LogP contribution is 2.23. The largest absolute Gasteiger partial charge is 0.471 e. The van der Waals surface area contributed by atoms with Gasteiger partial charge in [-0.1, -0.05) is 34.6 Å². The molecule has 12 nitrogen and oxygen atoms in total. The van der Waals surface area contributed by atoms with Gasteiger partial charge in [0.15, 0.2) is 12.0 Å². The molecule has 1 saturated heterocycles. The number of likely N-dealkylation sites (N-methyl/N-ethyl adjacent to an activating group) is 1. The number of carbonyl (C=O) groups is 5. The number of rotatable bonds is 12. The second kappa shape index (κ2) is 13.0. The molecular formula is C22H37F3N6O6. The van der Waals surface area contributed by atoms with E-state index in [0.717, 1.165) is 0 Å². The van der Waals surface area contributed by atoms with E-state index in [4.69, 9.17) is 0 Å². The third-order valence-corrected chi connectivity index (χ3v) is 5.55. The standard InChI is InChI=1S/C22H37F3N6O6/c1-11(2)9-12(28-18(35)15(21(3,4)5)30-19(36)22(23,24)25)16(33)29-13(14(32)17(34)26-6)10-31-8-7-27-20(31)37/h11-13,15,17,26,34H,7-10H2,1-6H3,(H,27,37)(H,28,35)(H,29,33)(H,30,36)/t12-,13-,15+,17?/m0/s1. The zero-order valence-electron chi connectivity index (χ0n) is 21.8. The molecule has 1 unspecified atom stereocenters. The minimum Gasteiger partial charge on any atom is -0.371 e. The van der Waals surface area contributed by atoms with Crippen molar-refractivity contribution in [1.82, 2.24) is 31.5 Å². The lowest BCUT2D eigenvalue weighted by atomic mass is 9.85. The number of nitrogens with zero attached hydrogens (tertiary/aromatic N) is 1. The Morgan fingerprint density at radius 2 is 1.59 bits per heavy atom. The molecule has 1 heterocycles. The monoisotopic (exact) mass is 538 g/mol. The molecule has 15 heteroatoms. The highest BCUT2D eigenvalue weighted by molar-refractivity contribution is 5.96. The number of hydrogen-bond donors (Lipinski definition) is 6. The smallest absolute Gasteiger partial charge is 0.371 e. The van der Waals surface area contributed by atoms with E-state index in [9.17, 15) is 42.3 Å². The Kier molecular flexibility index (Phi) is 11.3. The molecule has 4 atom stereocenters. The van der Waals surface area contributed by atoms with E-state index in [1.807, 2.05) is 0 Å². The molecule has 0 aromatic heterocycles. The van der Waals surface area contributed by atoms with Crippen LogP contribution in [0.25, 0.3) is 0 Å². The molecule has 1 fully saturated rings. The normalized spacial score (nSPS) is 17.5. The number of ketones is 1. The average Bonchev–Trinajstić information content (AvgIpc) is 3.17. The zero-order valence-corrected chi connectivity index (χ0v) is 21.8. The molecule has 1 rings (SSSR count). The van der Waals surface area contributed by atoms with Gasteiger partial charge >= 0.3 is 18.1 Å². The van der Waals surface area contributed by atoms with Crippen LogP contribution in [0.3, 0.4) is 0 Å². The molecule has 5 amide bonds. The van der Waals surface area contributed by atoms with Crippen LogP contribution in [0, 0.1) is 11.3 Å². The van der Waals surface area contributed by atoms with Crippen LogP contribution < -0.4 is 26.6 Å². The van der Waals surface area contributed by atoms with E-state index in [-0.39, 0.29) is 25.4 Å². The first-order chi connectivity index (χ1) is 16.9. The van der Waals surface area contributed by atoms with E-state index in [1.165, 1.54) is 32.7 Å². The summed E-state index contributed by atoms with van der Waals surface area (Å²) in [6.07, 6.45) is -6.83. The van der Waals surface area contributed by atoms with Crippen LogP contribution in [0.1, 0.15) is 41.0 Å². The number of alkyl halides is 3. The fourth-order valence-corrected chi connectivity index (χ4v) is 3.56. The maximum atomic E-state index is 13.2. The van der Waals surface area contributed by atoms with Crippen LogP contribution in [0.15, 0.2) is 0 Å². The molecule has 0 saturated carbocycles. The van der Waals surface area contributed by atoms with Gasteiger partial charge in [-0.2, -0.15) is 13.2 Å². The summed E-state index contributed by atoms with van der Waals surface area (Å²) in [6.45, 7) is 8.13. The van der Waals surface area contributed by atoms with Crippen molar-refractivity contribution in [2.45, 2.75) is 71.6 Å². The van der Waals surface area contributed by atoms with Crippen molar-refractivity contribution < 1.29 is 42.3 Å². The first-order valence-corrected chi connectivity index (χ1v) is 11.8. The highest BCUT2D eigenvalue weighted by atomic mass is 19.4. The number of urea groups is 1. The summed E-state index contributed by atoms with van der Waals surface area (Å²) < 4.78 is 38.5. The van der Waals surface area contributed by atoms with Gasteiger partial charge in [-0.25, -0.2) is 4.79 Å². The Bertz CT molecular complexity index is 861. The second-order valence-electron chi connectivity index (χ2n) is 10.3. The number of amides is 5. The number of nitrogens with one attached hydrogen (secondary N) is 5. The van der Waals surface area contributed by atoms with Crippen LogP contribution >= 0.6 is 0 Å². The average molecular weight is 539 g/mol. The first kappa shape index (κ1) is 32.1. The van der Waals surface area contributed by atoms with E-state index in [0.29, 0.717) is 6.54 Å². The maximum absolute atomic E-state index is 13.2. The Morgan fingerprint density at radius 3 is 2.03 bits per heavy atom. The van der Waals surface area contributed by atoms with E-state index in [1.54, 1.807) is 19.2 Å². The minimum atomic E-state index is -5.22. The lowest BCUT2D eigenvalue weighted by Gasteiger charge is -2.33. The Labute approximate surface area is 213 Å². The molecule has 0 aliphatic carbocycles. The third-order valence-electron chi connectivity index (χ3n) is 5.55. The van der Waals surface area contributed by atoms with Crippen molar-refractivity contribution in [3.8, 4) is 0 Å². The minimum absolute atomic E-state index is 0.0430. The van der Waals surface area contributed by atoms with Crippen LogP contribution in [-0.2, 0) is 19.2 Å². The fraction of sp³-hybridized carbons (Fsp3) is 0.773. The number of Topliss-reactive ketones (excluding diaryl/α,β-unsaturated/α-hetero) is 1. The Balaban J connectivity index is 3.16. The van der Waals surface area contributed by atoms with Crippen molar-refractivity contribution in [2.75, 3.05) is 26.7 Å². The molecule has 212 valence electrons. The maximum Gasteiger partial charge on any atom is 0.471 e. The predicted molar refractivity (Wildman–Crippen MR) is 126 cm³/mol. The topological polar surface area (TPSA) is 169 Å². The lowest BCUT2D eigenvalue weighted by Crippen LogP contribution is -2.61. The molecule has 1 aliphatic heterocycles. The quantitative estimate of drug-likeness (QED) is 0.177. The molecule has 1 aliphatic rings. The SMILES string of the molecule is CNC(O)C(=O)[C@H](CN1CCNC1=O)NC(=O)[C@H](CC(C)C)NC(=O)[C@@H](NC(=O)C(F)(F)F)C(C)(C)C. The van der Waals surface area contributed by atoms with E-state index in [2.05, 4.69) is 21.3 Å². The lowest BCUT2D eigenvalue weighted by molar-refractivity contribution is -0.175. The van der Waals surface area contributed by atoms with Gasteiger partial charge in [0.25, 0.3) is 0 Å². The van der Waals surface area contributed by atoms with Gasteiger partial charge in [-0.3, -0.25) is 24.5 Å². The van der Waals surface area contributed by atoms with Crippen molar-refractivity contribution >= 4 is 29.5 Å². The molecule has 37 heavy (non-hydrogen) atoms. The summed E-state index contributed by atoms with van der Waals surface area (Å²) in [5.74, 6) is -5.19. The number of aliphatic hydroxyl groups is 1. The summed E-state index contributed by atoms with van der Waals surface area (Å²) in [5.41, 5.74) is -1.15. The van der Waals surface area contributed by atoms with Crippen LogP contribution in [0.5, 0.6) is 0 Å². The van der Waals surface area contributed by atoms with Gasteiger partial charge in [0, 0.05) is 19.6 Å². The summed E-state index contributed by atoms with van der Waals surface area (Å²) >= 11 is 0. The van der Waals surface area contributed by atoms with Gasteiger partial charge in [0.1, 0.15) is 18.1 Å². The number of halogens is 3. The van der Waals surface area contributed by atoms with Gasteiger partial charge in [-0.05, 0) is 24.8 Å². The molecule has 6 N–H and O–H groups in total. The van der Waals surface area contributed by atoms with E-state index >= 15 is 0 Å². The predicted octanol–water partition coefficient (Wildman–Crippen LogP) is -0.773. The Morgan fingerprint density at radius 1 is 1.03 bits per heavy atom. The number of aliphatic hydroxyl groups excluding tert-OH is 1. The molecule has 0 bridgehead atoms. The number of hydrogen-bond acceptors (Lipinski definition) is 7. The second-order valence-corrected chi connectivity index (χ2v) is 10.3. The third kappa shape index (κ3) is 9.80. The highest BCUT2D eigenvalue weighted by Gasteiger charge is 2.44. The van der Waals surface area contributed by atoms with Crippen molar-refractivity contribution in [3.05, 3.63) is 0 Å². The first-order valence-electron chi connectivity index (χ1n) is 11.8. The van der Waals surface area contributed by atoms with Crippen molar-refractivity contribution in [2.24, 2.45) is 11.3 Å². The van der Waals surface area contributed by atoms with Gasteiger partial charge in [-0.15, -0.1) is 0 Å². The molecule has 0 radical (unpaired) electrons. The fourth-order valence-electron chi connectivity index (χ4n) is 3.56. The van der Waals surface area contributed by atoms with Crippen molar-refractivity contribution in [3.63, 3.8) is 0 Å². The van der Waals surface area contributed by atoms with Crippen LogP contribution in [0.2, 0.25) is 0 Å². The van der Waals surface area contributed by atoms with Crippen molar-refractivity contribution in [1.29, 1.82) is 0 Å².